The Morgan fingerprint density at radius 3 is 2.35 bits per heavy atom. The van der Waals surface area contributed by atoms with E-state index in [0.29, 0.717) is 0 Å². The third-order valence-corrected chi connectivity index (χ3v) is 5.97. The molecule has 0 radical (unpaired) electrons. The quantitative estimate of drug-likeness (QED) is 0.583. The number of rotatable bonds is 5. The van der Waals surface area contributed by atoms with Crippen molar-refractivity contribution in [2.24, 2.45) is 17.8 Å². The molecule has 1 saturated carbocycles. The molecule has 1 aromatic carbocycles. The van der Waals surface area contributed by atoms with Gasteiger partial charge in [0.2, 0.25) is 0 Å². The summed E-state index contributed by atoms with van der Waals surface area (Å²) in [5.41, 5.74) is 2.91. The Kier molecular flexibility index (Phi) is 5.59. The van der Waals surface area contributed by atoms with E-state index in [9.17, 15) is 0 Å². The summed E-state index contributed by atoms with van der Waals surface area (Å²) < 4.78 is 5.25. The number of hydrogen-bond acceptors (Lipinski definition) is 1. The first-order valence-corrected chi connectivity index (χ1v) is 9.24. The number of hydrogen-bond donors (Lipinski definition) is 0. The highest BCUT2D eigenvalue weighted by Gasteiger charge is 2.28. The Hall–Kier alpha value is -1.50. The highest BCUT2D eigenvalue weighted by Crippen LogP contribution is 2.41. The Morgan fingerprint density at radius 1 is 1.04 bits per heavy atom. The fourth-order valence-corrected chi connectivity index (χ4v) is 4.48. The molecule has 1 atom stereocenters. The minimum absolute atomic E-state index is 0.915. The predicted molar refractivity (Wildman–Crippen MR) is 98.6 cm³/mol. The third-order valence-electron chi connectivity index (χ3n) is 5.97. The van der Waals surface area contributed by atoms with Crippen molar-refractivity contribution >= 4 is 5.57 Å². The summed E-state index contributed by atoms with van der Waals surface area (Å²) in [6.45, 7) is 3.90. The van der Waals surface area contributed by atoms with Gasteiger partial charge in [-0.15, -0.1) is 6.58 Å². The van der Waals surface area contributed by atoms with Crippen LogP contribution >= 0.6 is 0 Å². The molecule has 0 heterocycles. The van der Waals surface area contributed by atoms with Crippen molar-refractivity contribution in [3.8, 4) is 5.75 Å². The van der Waals surface area contributed by atoms with Crippen molar-refractivity contribution in [2.75, 3.05) is 7.11 Å². The van der Waals surface area contributed by atoms with Gasteiger partial charge >= 0.3 is 0 Å². The van der Waals surface area contributed by atoms with Crippen LogP contribution in [0.15, 0.2) is 43.0 Å². The van der Waals surface area contributed by atoms with Crippen LogP contribution in [0.4, 0.5) is 0 Å². The van der Waals surface area contributed by atoms with Gasteiger partial charge in [0, 0.05) is 0 Å². The highest BCUT2D eigenvalue weighted by atomic mass is 16.5. The van der Waals surface area contributed by atoms with E-state index in [1.165, 1.54) is 62.5 Å². The highest BCUT2D eigenvalue weighted by molar-refractivity contribution is 5.66. The van der Waals surface area contributed by atoms with Gasteiger partial charge in [-0.25, -0.2) is 0 Å². The van der Waals surface area contributed by atoms with Crippen LogP contribution in [0.5, 0.6) is 5.75 Å². The first-order chi connectivity index (χ1) is 11.3. The molecule has 0 aliphatic heterocycles. The van der Waals surface area contributed by atoms with Gasteiger partial charge in [-0.1, -0.05) is 24.3 Å². The summed E-state index contributed by atoms with van der Waals surface area (Å²) in [4.78, 5) is 0. The van der Waals surface area contributed by atoms with Gasteiger partial charge in [-0.3, -0.25) is 0 Å². The molecule has 2 aliphatic rings. The van der Waals surface area contributed by atoms with Crippen molar-refractivity contribution in [2.45, 2.75) is 51.4 Å². The summed E-state index contributed by atoms with van der Waals surface area (Å²) in [7, 11) is 1.73. The van der Waals surface area contributed by atoms with Crippen molar-refractivity contribution in [3.63, 3.8) is 0 Å². The Morgan fingerprint density at radius 2 is 1.78 bits per heavy atom. The Bertz CT molecular complexity index is 532. The van der Waals surface area contributed by atoms with Crippen LogP contribution in [0, 0.1) is 17.8 Å². The SMILES string of the molecule is C=CC[C@H]1CC[C@H](C2CC=C(c3ccc(OC)cc3)CC2)CC1. The lowest BCUT2D eigenvalue weighted by Crippen LogP contribution is -2.23. The van der Waals surface area contributed by atoms with E-state index in [2.05, 4.69) is 43.0 Å². The summed E-state index contributed by atoms with van der Waals surface area (Å²) in [6, 6.07) is 8.54. The molecule has 1 nitrogen and oxygen atoms in total. The zero-order valence-electron chi connectivity index (χ0n) is 14.5. The summed E-state index contributed by atoms with van der Waals surface area (Å²) in [5, 5.41) is 0. The molecule has 0 amide bonds. The topological polar surface area (TPSA) is 9.23 Å². The number of ether oxygens (including phenoxy) is 1. The van der Waals surface area contributed by atoms with Crippen LogP contribution in [0.3, 0.4) is 0 Å². The molecule has 0 bridgehead atoms. The lowest BCUT2D eigenvalue weighted by atomic mass is 9.70. The maximum Gasteiger partial charge on any atom is 0.118 e. The normalized spacial score (nSPS) is 28.0. The largest absolute Gasteiger partial charge is 0.497 e. The average Bonchev–Trinajstić information content (AvgIpc) is 2.63. The smallest absolute Gasteiger partial charge is 0.118 e. The molecule has 2 aliphatic carbocycles. The number of methoxy groups -OCH3 is 1. The van der Waals surface area contributed by atoms with E-state index in [-0.39, 0.29) is 0 Å². The molecule has 23 heavy (non-hydrogen) atoms. The second kappa shape index (κ2) is 7.86. The third kappa shape index (κ3) is 4.07. The molecule has 0 aromatic heterocycles. The van der Waals surface area contributed by atoms with E-state index < -0.39 is 0 Å². The molecule has 1 aromatic rings. The first kappa shape index (κ1) is 16.4. The number of benzene rings is 1. The van der Waals surface area contributed by atoms with Gasteiger partial charge < -0.3 is 4.74 Å². The van der Waals surface area contributed by atoms with Crippen LogP contribution in [0.25, 0.3) is 5.57 Å². The molecule has 1 heteroatoms. The van der Waals surface area contributed by atoms with Gasteiger partial charge in [0.25, 0.3) is 0 Å². The van der Waals surface area contributed by atoms with Crippen LogP contribution in [0.1, 0.15) is 56.9 Å². The van der Waals surface area contributed by atoms with Gasteiger partial charge in [-0.05, 0) is 92.4 Å². The first-order valence-electron chi connectivity index (χ1n) is 9.24. The molecule has 1 fully saturated rings. The second-order valence-electron chi connectivity index (χ2n) is 7.30. The summed E-state index contributed by atoms with van der Waals surface area (Å²) >= 11 is 0. The average molecular weight is 310 g/mol. The maximum absolute atomic E-state index is 5.25. The zero-order valence-corrected chi connectivity index (χ0v) is 14.5. The fourth-order valence-electron chi connectivity index (χ4n) is 4.48. The summed E-state index contributed by atoms with van der Waals surface area (Å²) in [5.74, 6) is 3.74. The van der Waals surface area contributed by atoms with Crippen LogP contribution in [-0.2, 0) is 0 Å². The standard InChI is InChI=1S/C22H30O/c1-3-4-17-5-7-18(8-6-17)19-9-11-20(12-10-19)21-13-15-22(23-2)16-14-21/h3,11,13-19H,1,4-10,12H2,2H3/t17-,18-,19?. The van der Waals surface area contributed by atoms with E-state index in [4.69, 9.17) is 4.74 Å². The molecule has 1 unspecified atom stereocenters. The number of allylic oxidation sites excluding steroid dienone is 3. The lowest BCUT2D eigenvalue weighted by Gasteiger charge is -2.35. The van der Waals surface area contributed by atoms with Gasteiger partial charge in [0.15, 0.2) is 0 Å². The minimum atomic E-state index is 0.915. The van der Waals surface area contributed by atoms with Crippen molar-refractivity contribution in [1.82, 2.24) is 0 Å². The second-order valence-corrected chi connectivity index (χ2v) is 7.30. The molecule has 124 valence electrons. The molecular formula is C22H30O. The van der Waals surface area contributed by atoms with Gasteiger partial charge in [-0.2, -0.15) is 0 Å². The van der Waals surface area contributed by atoms with Crippen molar-refractivity contribution in [3.05, 3.63) is 48.6 Å². The van der Waals surface area contributed by atoms with Crippen LogP contribution in [-0.4, -0.2) is 7.11 Å². The monoisotopic (exact) mass is 310 g/mol. The maximum atomic E-state index is 5.25. The zero-order chi connectivity index (χ0) is 16.1. The fraction of sp³-hybridized carbons (Fsp3) is 0.545. The van der Waals surface area contributed by atoms with E-state index in [1.54, 1.807) is 7.11 Å². The van der Waals surface area contributed by atoms with Crippen LogP contribution < -0.4 is 4.74 Å². The van der Waals surface area contributed by atoms with Gasteiger partial charge in [0.05, 0.1) is 7.11 Å². The van der Waals surface area contributed by atoms with Gasteiger partial charge in [0.1, 0.15) is 5.75 Å². The molecule has 0 spiro atoms. The predicted octanol–water partition coefficient (Wildman–Crippen LogP) is 6.26. The van der Waals surface area contributed by atoms with E-state index >= 15 is 0 Å². The van der Waals surface area contributed by atoms with Crippen molar-refractivity contribution < 1.29 is 4.74 Å². The lowest BCUT2D eigenvalue weighted by molar-refractivity contribution is 0.196. The molecular weight excluding hydrogens is 280 g/mol. The molecule has 0 saturated heterocycles. The van der Waals surface area contributed by atoms with Crippen molar-refractivity contribution in [1.29, 1.82) is 0 Å². The molecule has 3 rings (SSSR count). The summed E-state index contributed by atoms with van der Waals surface area (Å²) in [6.07, 6.45) is 15.4. The Balaban J connectivity index is 1.54. The Labute approximate surface area is 141 Å². The minimum Gasteiger partial charge on any atom is -0.497 e. The van der Waals surface area contributed by atoms with E-state index in [0.717, 1.165) is 23.5 Å². The van der Waals surface area contributed by atoms with Crippen LogP contribution in [0.2, 0.25) is 0 Å². The molecule has 0 N–H and O–H groups in total. The van der Waals surface area contributed by atoms with E-state index in [1.807, 2.05) is 0 Å².